The molecule has 60 valence electrons. The van der Waals surface area contributed by atoms with Gasteiger partial charge in [-0.25, -0.2) is 0 Å². The third kappa shape index (κ3) is 8.28. The van der Waals surface area contributed by atoms with Crippen molar-refractivity contribution >= 4 is 0 Å². The van der Waals surface area contributed by atoms with Crippen LogP contribution < -0.4 is 11.5 Å². The third-order valence-electron chi connectivity index (χ3n) is 0.531. The molecule has 0 spiro atoms. The first-order valence-electron chi connectivity index (χ1n) is 2.80. The van der Waals surface area contributed by atoms with Crippen molar-refractivity contribution in [2.45, 2.75) is 6.92 Å². The fourth-order valence-electron chi connectivity index (χ4n) is 0.120. The average Bonchev–Trinajstić information content (AvgIpc) is 2.03. The molecule has 0 rings (SSSR count). The Balaban J connectivity index is 0. The smallest absolute Gasteiger partial charge is 0.145 e. The van der Waals surface area contributed by atoms with Crippen molar-refractivity contribution in [1.82, 2.24) is 0 Å². The maximum atomic E-state index is 7.97. The summed E-state index contributed by atoms with van der Waals surface area (Å²) in [5, 5.41) is 23.5. The minimum absolute atomic E-state index is 0.229. The van der Waals surface area contributed by atoms with Crippen molar-refractivity contribution < 1.29 is 5.11 Å². The van der Waals surface area contributed by atoms with Crippen molar-refractivity contribution in [3.05, 3.63) is 11.4 Å². The number of aliphatic hydroxyl groups excluding tert-OH is 1. The van der Waals surface area contributed by atoms with E-state index in [1.54, 1.807) is 6.92 Å². The first-order chi connectivity index (χ1) is 5.13. The zero-order valence-electron chi connectivity index (χ0n) is 6.20. The maximum Gasteiger partial charge on any atom is 0.145 e. The van der Waals surface area contributed by atoms with Gasteiger partial charge in [0.05, 0.1) is 0 Å². The van der Waals surface area contributed by atoms with Gasteiger partial charge in [-0.1, -0.05) is 0 Å². The lowest BCUT2D eigenvalue weighted by Gasteiger charge is -1.83. The van der Waals surface area contributed by atoms with Crippen LogP contribution in [-0.4, -0.2) is 11.7 Å². The lowest BCUT2D eigenvalue weighted by molar-refractivity contribution is 0.318. The van der Waals surface area contributed by atoms with E-state index in [9.17, 15) is 0 Å². The van der Waals surface area contributed by atoms with E-state index < -0.39 is 0 Å². The second kappa shape index (κ2) is 8.28. The first-order valence-corrected chi connectivity index (χ1v) is 2.80. The topological polar surface area (TPSA) is 120 Å². The Morgan fingerprint density at radius 2 is 1.45 bits per heavy atom. The minimum atomic E-state index is -0.229. The highest BCUT2D eigenvalue weighted by Gasteiger charge is 1.91. The number of rotatable bonds is 0. The molecule has 0 fully saturated rings. The summed E-state index contributed by atoms with van der Waals surface area (Å²) in [5.74, 6) is 0. The maximum absolute atomic E-state index is 7.97. The van der Waals surface area contributed by atoms with E-state index in [2.05, 4.69) is 0 Å². The Morgan fingerprint density at radius 1 is 1.27 bits per heavy atom. The summed E-state index contributed by atoms with van der Waals surface area (Å²) in [6, 6.07) is 3.05. The van der Waals surface area contributed by atoms with E-state index in [0.29, 0.717) is 0 Å². The monoisotopic (exact) mass is 154 g/mol. The van der Waals surface area contributed by atoms with E-state index in [-0.39, 0.29) is 18.0 Å². The van der Waals surface area contributed by atoms with Crippen LogP contribution in [0.4, 0.5) is 0 Å². The SMILES string of the molecule is CCO.N#C/C(N)=C(/N)C#N. The summed E-state index contributed by atoms with van der Waals surface area (Å²) in [4.78, 5) is 0. The van der Waals surface area contributed by atoms with Gasteiger partial charge >= 0.3 is 0 Å². The Hall–Kier alpha value is -1.72. The Bertz CT molecular complexity index is 186. The number of nitriles is 2. The van der Waals surface area contributed by atoms with E-state index in [0.717, 1.165) is 0 Å². The van der Waals surface area contributed by atoms with Crippen molar-refractivity contribution in [3.63, 3.8) is 0 Å². The van der Waals surface area contributed by atoms with Crippen molar-refractivity contribution in [2.75, 3.05) is 6.61 Å². The van der Waals surface area contributed by atoms with Crippen LogP contribution in [0.5, 0.6) is 0 Å². The molecule has 0 radical (unpaired) electrons. The number of nitrogens with zero attached hydrogens (tertiary/aromatic N) is 2. The van der Waals surface area contributed by atoms with Crippen LogP contribution in [0, 0.1) is 22.7 Å². The zero-order chi connectivity index (χ0) is 9.28. The van der Waals surface area contributed by atoms with Crippen LogP contribution in [0.2, 0.25) is 0 Å². The normalized spacial score (nSPS) is 9.45. The van der Waals surface area contributed by atoms with E-state index in [4.69, 9.17) is 27.1 Å². The molecule has 0 aromatic rings. The van der Waals surface area contributed by atoms with Crippen molar-refractivity contribution in [2.24, 2.45) is 11.5 Å². The second-order valence-corrected chi connectivity index (χ2v) is 1.37. The van der Waals surface area contributed by atoms with Gasteiger partial charge < -0.3 is 16.6 Å². The number of hydrogen-bond donors (Lipinski definition) is 3. The van der Waals surface area contributed by atoms with Gasteiger partial charge in [0.2, 0.25) is 0 Å². The Kier molecular flexibility index (Phi) is 9.04. The quantitative estimate of drug-likeness (QED) is 0.393. The van der Waals surface area contributed by atoms with Gasteiger partial charge in [-0.05, 0) is 6.92 Å². The van der Waals surface area contributed by atoms with Crippen LogP contribution in [0.1, 0.15) is 6.92 Å². The molecule has 0 aliphatic rings. The molecule has 11 heavy (non-hydrogen) atoms. The van der Waals surface area contributed by atoms with Gasteiger partial charge in [-0.3, -0.25) is 0 Å². The molecule has 0 atom stereocenters. The molecular formula is C6H10N4O. The number of aliphatic hydroxyl groups is 1. The summed E-state index contributed by atoms with van der Waals surface area (Å²) in [7, 11) is 0. The van der Waals surface area contributed by atoms with E-state index >= 15 is 0 Å². The fourth-order valence-corrected chi connectivity index (χ4v) is 0.120. The molecule has 0 bridgehead atoms. The summed E-state index contributed by atoms with van der Waals surface area (Å²) >= 11 is 0. The van der Waals surface area contributed by atoms with Crippen LogP contribution in [-0.2, 0) is 0 Å². The van der Waals surface area contributed by atoms with Crippen molar-refractivity contribution in [1.29, 1.82) is 10.5 Å². The molecule has 0 heterocycles. The van der Waals surface area contributed by atoms with Crippen LogP contribution in [0.3, 0.4) is 0 Å². The summed E-state index contributed by atoms with van der Waals surface area (Å²) < 4.78 is 0. The molecule has 5 nitrogen and oxygen atoms in total. The van der Waals surface area contributed by atoms with E-state index in [1.165, 1.54) is 12.1 Å². The average molecular weight is 154 g/mol. The summed E-state index contributed by atoms with van der Waals surface area (Å²) in [5.41, 5.74) is 9.34. The third-order valence-corrected chi connectivity index (χ3v) is 0.531. The van der Waals surface area contributed by atoms with Gasteiger partial charge in [0.15, 0.2) is 0 Å². The molecule has 0 aliphatic carbocycles. The second-order valence-electron chi connectivity index (χ2n) is 1.37. The Labute approximate surface area is 65.1 Å². The van der Waals surface area contributed by atoms with Gasteiger partial charge in [0, 0.05) is 6.61 Å². The number of allylic oxidation sites excluding steroid dienone is 2. The molecular weight excluding hydrogens is 144 g/mol. The summed E-state index contributed by atoms with van der Waals surface area (Å²) in [6.45, 7) is 1.93. The van der Waals surface area contributed by atoms with Crippen LogP contribution in [0.25, 0.3) is 0 Å². The molecule has 5 heteroatoms. The molecule has 0 unspecified atom stereocenters. The largest absolute Gasteiger partial charge is 0.397 e. The van der Waals surface area contributed by atoms with Crippen LogP contribution in [0.15, 0.2) is 11.4 Å². The van der Waals surface area contributed by atoms with Gasteiger partial charge in [0.1, 0.15) is 23.5 Å². The molecule has 5 N–H and O–H groups in total. The minimum Gasteiger partial charge on any atom is -0.397 e. The highest BCUT2D eigenvalue weighted by atomic mass is 16.2. The molecule has 0 saturated heterocycles. The first kappa shape index (κ1) is 12.0. The lowest BCUT2D eigenvalue weighted by atomic mass is 10.4. The number of nitrogens with two attached hydrogens (primary N) is 2. The highest BCUT2D eigenvalue weighted by molar-refractivity contribution is 5.31. The van der Waals surface area contributed by atoms with Gasteiger partial charge in [-0.15, -0.1) is 0 Å². The summed E-state index contributed by atoms with van der Waals surface area (Å²) in [6.07, 6.45) is 0. The highest BCUT2D eigenvalue weighted by Crippen LogP contribution is 1.83. The van der Waals surface area contributed by atoms with Crippen molar-refractivity contribution in [3.8, 4) is 12.1 Å². The predicted octanol–water partition coefficient (Wildman–Crippen LogP) is -0.839. The standard InChI is InChI=1S/C4H4N4.C2H6O/c5-1-3(7)4(8)2-6;1-2-3/h7-8H2;3H,2H2,1H3/b4-3-;. The molecule has 0 amide bonds. The zero-order valence-corrected chi connectivity index (χ0v) is 6.20. The predicted molar refractivity (Wildman–Crippen MR) is 39.4 cm³/mol. The lowest BCUT2D eigenvalue weighted by Crippen LogP contribution is -2.05. The Morgan fingerprint density at radius 3 is 1.55 bits per heavy atom. The van der Waals surface area contributed by atoms with E-state index in [1.807, 2.05) is 0 Å². The van der Waals surface area contributed by atoms with Crippen LogP contribution >= 0.6 is 0 Å². The number of hydrogen-bond acceptors (Lipinski definition) is 5. The van der Waals surface area contributed by atoms with Gasteiger partial charge in [-0.2, -0.15) is 10.5 Å². The fraction of sp³-hybridized carbons (Fsp3) is 0.333. The molecule has 0 saturated carbocycles. The van der Waals surface area contributed by atoms with Gasteiger partial charge in [0.25, 0.3) is 0 Å². The molecule has 0 aromatic heterocycles. The molecule has 0 aromatic carbocycles. The molecule has 0 aliphatic heterocycles.